The number of hydrogen-bond acceptors (Lipinski definition) is 2. The molecule has 0 bridgehead atoms. The zero-order chi connectivity index (χ0) is 12.5. The van der Waals surface area contributed by atoms with Gasteiger partial charge in [-0.1, -0.05) is 15.9 Å². The van der Waals surface area contributed by atoms with E-state index >= 15 is 0 Å². The van der Waals surface area contributed by atoms with Crippen LogP contribution in [-0.2, 0) is 6.42 Å². The van der Waals surface area contributed by atoms with Crippen molar-refractivity contribution in [1.29, 1.82) is 0 Å². The quantitative estimate of drug-likeness (QED) is 0.816. The fraction of sp³-hybridized carbons (Fsp3) is 0.429. The first-order chi connectivity index (χ1) is 8.79. The molecule has 3 N–H and O–H groups in total. The van der Waals surface area contributed by atoms with Crippen molar-refractivity contribution >= 4 is 26.8 Å². The highest BCUT2D eigenvalue weighted by atomic mass is 79.9. The van der Waals surface area contributed by atoms with Gasteiger partial charge in [0.1, 0.15) is 0 Å². The summed E-state index contributed by atoms with van der Waals surface area (Å²) in [5.41, 5.74) is 3.96. The molecule has 18 heavy (non-hydrogen) atoms. The van der Waals surface area contributed by atoms with Crippen LogP contribution in [-0.4, -0.2) is 23.2 Å². The molecule has 0 saturated heterocycles. The smallest absolute Gasteiger partial charge is 0.0556 e. The van der Waals surface area contributed by atoms with Crippen LogP contribution in [0.25, 0.3) is 10.9 Å². The minimum absolute atomic E-state index is 0.192. The number of aromatic amines is 1. The van der Waals surface area contributed by atoms with Gasteiger partial charge in [-0.2, -0.15) is 0 Å². The molecule has 0 saturated carbocycles. The first kappa shape index (κ1) is 12.2. The van der Waals surface area contributed by atoms with Crippen LogP contribution in [0.15, 0.2) is 22.7 Å². The number of aliphatic hydroxyl groups excluding tert-OH is 1. The number of hydrogen-bond donors (Lipinski definition) is 3. The van der Waals surface area contributed by atoms with Crippen LogP contribution in [0.5, 0.6) is 0 Å². The summed E-state index contributed by atoms with van der Waals surface area (Å²) in [4.78, 5) is 3.54. The minimum atomic E-state index is 0.192. The highest BCUT2D eigenvalue weighted by Gasteiger charge is 2.23. The summed E-state index contributed by atoms with van der Waals surface area (Å²) in [6, 6.07) is 6.74. The Morgan fingerprint density at radius 2 is 2.33 bits per heavy atom. The number of rotatable bonds is 3. The molecule has 0 radical (unpaired) electrons. The third-order valence-corrected chi connectivity index (χ3v) is 4.17. The first-order valence-corrected chi connectivity index (χ1v) is 7.23. The maximum atomic E-state index is 8.94. The molecule has 0 spiro atoms. The Morgan fingerprint density at radius 1 is 1.44 bits per heavy atom. The number of aliphatic hydroxyl groups is 1. The molecular weight excluding hydrogens is 292 g/mol. The van der Waals surface area contributed by atoms with E-state index in [2.05, 4.69) is 44.4 Å². The van der Waals surface area contributed by atoms with Crippen molar-refractivity contribution in [2.75, 3.05) is 13.2 Å². The average molecular weight is 309 g/mol. The number of halogens is 1. The van der Waals surface area contributed by atoms with E-state index in [1.165, 1.54) is 28.6 Å². The molecule has 3 rings (SSSR count). The van der Waals surface area contributed by atoms with Gasteiger partial charge in [0.05, 0.1) is 6.61 Å². The Balaban J connectivity index is 2.04. The van der Waals surface area contributed by atoms with E-state index in [9.17, 15) is 0 Å². The van der Waals surface area contributed by atoms with E-state index in [0.717, 1.165) is 17.3 Å². The van der Waals surface area contributed by atoms with E-state index in [0.29, 0.717) is 12.6 Å². The Labute approximate surface area is 115 Å². The Kier molecular flexibility index (Phi) is 3.41. The second kappa shape index (κ2) is 5.03. The normalized spacial score (nSPS) is 19.1. The summed E-state index contributed by atoms with van der Waals surface area (Å²) in [5.74, 6) is 0. The van der Waals surface area contributed by atoms with Crippen molar-refractivity contribution in [2.24, 2.45) is 0 Å². The van der Waals surface area contributed by atoms with E-state index in [4.69, 9.17) is 5.11 Å². The lowest BCUT2D eigenvalue weighted by molar-refractivity contribution is 0.280. The molecule has 0 amide bonds. The summed E-state index contributed by atoms with van der Waals surface area (Å²) in [6.07, 6.45) is 3.49. The van der Waals surface area contributed by atoms with Crippen molar-refractivity contribution in [1.82, 2.24) is 10.3 Å². The van der Waals surface area contributed by atoms with Crippen LogP contribution >= 0.6 is 15.9 Å². The van der Waals surface area contributed by atoms with Crippen molar-refractivity contribution in [3.63, 3.8) is 0 Å². The lowest BCUT2D eigenvalue weighted by Gasteiger charge is -2.23. The third kappa shape index (κ3) is 2.09. The molecule has 96 valence electrons. The van der Waals surface area contributed by atoms with Crippen molar-refractivity contribution in [2.45, 2.75) is 25.3 Å². The minimum Gasteiger partial charge on any atom is -0.395 e. The molecule has 4 heteroatoms. The van der Waals surface area contributed by atoms with Gasteiger partial charge in [0.15, 0.2) is 0 Å². The molecule has 0 unspecified atom stereocenters. The standard InChI is InChI=1S/C14H17BrN2O/c15-9-4-5-12-11(8-9)10-2-1-3-13(14(10)17-12)16-6-7-18/h4-5,8,13,16-18H,1-3,6-7H2/t13-/m0/s1. The van der Waals surface area contributed by atoms with Gasteiger partial charge in [0, 0.05) is 33.7 Å². The summed E-state index contributed by atoms with van der Waals surface area (Å²) in [6.45, 7) is 0.848. The fourth-order valence-electron chi connectivity index (χ4n) is 2.88. The lowest BCUT2D eigenvalue weighted by atomic mass is 9.92. The van der Waals surface area contributed by atoms with Gasteiger partial charge in [0.2, 0.25) is 0 Å². The van der Waals surface area contributed by atoms with Gasteiger partial charge in [-0.15, -0.1) is 0 Å². The summed E-state index contributed by atoms with van der Waals surface area (Å²) in [5, 5.41) is 13.7. The summed E-state index contributed by atoms with van der Waals surface area (Å²) in [7, 11) is 0. The molecule has 1 atom stereocenters. The number of aromatic nitrogens is 1. The Bertz CT molecular complexity index is 564. The van der Waals surface area contributed by atoms with Crippen LogP contribution in [0, 0.1) is 0 Å². The van der Waals surface area contributed by atoms with Crippen molar-refractivity contribution in [3.8, 4) is 0 Å². The first-order valence-electron chi connectivity index (χ1n) is 6.44. The van der Waals surface area contributed by atoms with E-state index in [-0.39, 0.29) is 6.61 Å². The fourth-order valence-corrected chi connectivity index (χ4v) is 3.24. The Morgan fingerprint density at radius 3 is 3.17 bits per heavy atom. The van der Waals surface area contributed by atoms with Gasteiger partial charge in [-0.25, -0.2) is 0 Å². The Hall–Kier alpha value is -0.840. The monoisotopic (exact) mass is 308 g/mol. The topological polar surface area (TPSA) is 48.0 Å². The van der Waals surface area contributed by atoms with E-state index in [1.807, 2.05) is 0 Å². The van der Waals surface area contributed by atoms with Gasteiger partial charge in [0.25, 0.3) is 0 Å². The van der Waals surface area contributed by atoms with Crippen LogP contribution < -0.4 is 5.32 Å². The largest absolute Gasteiger partial charge is 0.395 e. The maximum absolute atomic E-state index is 8.94. The lowest BCUT2D eigenvalue weighted by Crippen LogP contribution is -2.27. The molecule has 1 aromatic carbocycles. The molecule has 0 aliphatic heterocycles. The van der Waals surface area contributed by atoms with Crippen LogP contribution in [0.3, 0.4) is 0 Å². The second-order valence-electron chi connectivity index (χ2n) is 4.83. The third-order valence-electron chi connectivity index (χ3n) is 3.67. The SMILES string of the molecule is OCCN[C@H]1CCCc2c1[nH]c1ccc(Br)cc21. The highest BCUT2D eigenvalue weighted by molar-refractivity contribution is 9.10. The van der Waals surface area contributed by atoms with Gasteiger partial charge in [-0.3, -0.25) is 0 Å². The van der Waals surface area contributed by atoms with Crippen LogP contribution in [0.2, 0.25) is 0 Å². The molecule has 2 aromatic rings. The van der Waals surface area contributed by atoms with E-state index < -0.39 is 0 Å². The number of aryl methyl sites for hydroxylation is 1. The summed E-state index contributed by atoms with van der Waals surface area (Å²) < 4.78 is 1.13. The molecular formula is C14H17BrN2O. The molecule has 1 heterocycles. The zero-order valence-electron chi connectivity index (χ0n) is 10.2. The van der Waals surface area contributed by atoms with Crippen molar-refractivity contribution in [3.05, 3.63) is 33.9 Å². The summed E-state index contributed by atoms with van der Waals surface area (Å²) >= 11 is 3.54. The zero-order valence-corrected chi connectivity index (χ0v) is 11.8. The molecule has 0 fully saturated rings. The number of nitrogens with one attached hydrogen (secondary N) is 2. The molecule has 3 nitrogen and oxygen atoms in total. The second-order valence-corrected chi connectivity index (χ2v) is 5.75. The predicted octanol–water partition coefficient (Wildman–Crippen LogP) is 2.89. The van der Waals surface area contributed by atoms with Crippen molar-refractivity contribution < 1.29 is 5.11 Å². The van der Waals surface area contributed by atoms with Crippen LogP contribution in [0.1, 0.15) is 30.1 Å². The molecule has 1 aliphatic rings. The highest BCUT2D eigenvalue weighted by Crippen LogP contribution is 2.35. The van der Waals surface area contributed by atoms with Gasteiger partial charge < -0.3 is 15.4 Å². The maximum Gasteiger partial charge on any atom is 0.0556 e. The number of fused-ring (bicyclic) bond motifs is 3. The molecule has 1 aliphatic carbocycles. The average Bonchev–Trinajstić information content (AvgIpc) is 2.75. The predicted molar refractivity (Wildman–Crippen MR) is 76.8 cm³/mol. The number of H-pyrrole nitrogens is 1. The number of benzene rings is 1. The van der Waals surface area contributed by atoms with E-state index in [1.54, 1.807) is 0 Å². The van der Waals surface area contributed by atoms with Gasteiger partial charge in [-0.05, 0) is 43.0 Å². The molecule has 1 aromatic heterocycles. The van der Waals surface area contributed by atoms with Crippen LogP contribution in [0.4, 0.5) is 0 Å². The van der Waals surface area contributed by atoms with Gasteiger partial charge >= 0.3 is 0 Å².